The Hall–Kier alpha value is -2.49. The number of rotatable bonds is 10. The molecule has 0 radical (unpaired) electrons. The van der Waals surface area contributed by atoms with Crippen LogP contribution in [0.2, 0.25) is 0 Å². The number of carbonyl (C=O) groups excluding carboxylic acids is 1. The van der Waals surface area contributed by atoms with Crippen molar-refractivity contribution in [1.82, 2.24) is 21.1 Å². The summed E-state index contributed by atoms with van der Waals surface area (Å²) in [6, 6.07) is 18.0. The lowest BCUT2D eigenvalue weighted by atomic mass is 9.82. The Labute approximate surface area is 220 Å². The van der Waals surface area contributed by atoms with Crippen LogP contribution in [0.25, 0.3) is 0 Å². The van der Waals surface area contributed by atoms with Gasteiger partial charge in [-0.2, -0.15) is 0 Å². The number of likely N-dealkylation sites (tertiary alicyclic amines) is 1. The highest BCUT2D eigenvalue weighted by Crippen LogP contribution is 2.31. The Morgan fingerprint density at radius 1 is 0.946 bits per heavy atom. The molecule has 2 aromatic carbocycles. The fourth-order valence-corrected chi connectivity index (χ4v) is 5.56. The number of fused-ring (bicyclic) bond motifs is 1. The van der Waals surface area contributed by atoms with Crippen LogP contribution < -0.4 is 20.9 Å². The van der Waals surface area contributed by atoms with E-state index in [4.69, 9.17) is 14.2 Å². The van der Waals surface area contributed by atoms with Crippen molar-refractivity contribution in [3.8, 4) is 5.75 Å². The van der Waals surface area contributed by atoms with Crippen molar-refractivity contribution in [3.63, 3.8) is 0 Å². The topological polar surface area (TPSA) is 84.1 Å². The van der Waals surface area contributed by atoms with Gasteiger partial charge in [-0.3, -0.25) is 10.2 Å². The molecule has 8 nitrogen and oxygen atoms in total. The largest absolute Gasteiger partial charge is 0.490 e. The standard InChI is InChI=1S/C29H40N4O4/c1-33-15-13-24(14-16-33)37-23-9-7-22(8-10-23)29(34)30-28-26-12-11-25(19-27(26)31-32-28)36-18-17-35-20-21-5-3-2-4-6-21/h2-10,24-28,31-32H,11-20H2,1H3,(H,30,34). The predicted molar refractivity (Wildman–Crippen MR) is 142 cm³/mol. The van der Waals surface area contributed by atoms with E-state index < -0.39 is 0 Å². The molecular weight excluding hydrogens is 468 g/mol. The molecule has 2 saturated heterocycles. The zero-order valence-electron chi connectivity index (χ0n) is 21.7. The minimum Gasteiger partial charge on any atom is -0.490 e. The number of nitrogens with one attached hydrogen (secondary N) is 3. The Bertz CT molecular complexity index is 981. The quantitative estimate of drug-likeness (QED) is 0.426. The minimum atomic E-state index is -0.0946. The van der Waals surface area contributed by atoms with Crippen molar-refractivity contribution in [1.29, 1.82) is 0 Å². The molecule has 1 saturated carbocycles. The predicted octanol–water partition coefficient (Wildman–Crippen LogP) is 3.09. The second kappa shape index (κ2) is 12.8. The molecule has 8 heteroatoms. The summed E-state index contributed by atoms with van der Waals surface area (Å²) in [6.45, 7) is 3.92. The maximum Gasteiger partial charge on any atom is 0.252 e. The summed E-state index contributed by atoms with van der Waals surface area (Å²) in [6.07, 6.45) is 5.34. The van der Waals surface area contributed by atoms with Crippen LogP contribution >= 0.6 is 0 Å². The number of hydrogen-bond acceptors (Lipinski definition) is 7. The first-order chi connectivity index (χ1) is 18.1. The zero-order valence-corrected chi connectivity index (χ0v) is 21.7. The molecule has 0 bridgehead atoms. The smallest absolute Gasteiger partial charge is 0.252 e. The molecular formula is C29H40N4O4. The van der Waals surface area contributed by atoms with Crippen molar-refractivity contribution in [3.05, 3.63) is 65.7 Å². The van der Waals surface area contributed by atoms with E-state index in [-0.39, 0.29) is 30.3 Å². The van der Waals surface area contributed by atoms with E-state index >= 15 is 0 Å². The summed E-state index contributed by atoms with van der Waals surface area (Å²) >= 11 is 0. The Kier molecular flexibility index (Phi) is 9.07. The summed E-state index contributed by atoms with van der Waals surface area (Å²) in [5, 5.41) is 3.17. The summed E-state index contributed by atoms with van der Waals surface area (Å²) in [7, 11) is 2.14. The van der Waals surface area contributed by atoms with Gasteiger partial charge in [0.15, 0.2) is 0 Å². The third kappa shape index (κ3) is 7.30. The van der Waals surface area contributed by atoms with Gasteiger partial charge >= 0.3 is 0 Å². The normalized spacial score (nSPS) is 26.5. The Morgan fingerprint density at radius 2 is 1.73 bits per heavy atom. The lowest BCUT2D eigenvalue weighted by molar-refractivity contribution is -0.0239. The molecule has 2 heterocycles. The first kappa shape index (κ1) is 26.1. The maximum absolute atomic E-state index is 12.9. The van der Waals surface area contributed by atoms with Gasteiger partial charge in [0.2, 0.25) is 0 Å². The number of hydrazine groups is 1. The highest BCUT2D eigenvalue weighted by atomic mass is 16.5. The number of piperidine rings is 1. The molecule has 37 heavy (non-hydrogen) atoms. The first-order valence-corrected chi connectivity index (χ1v) is 13.6. The number of nitrogens with zero attached hydrogens (tertiary/aromatic N) is 1. The number of benzene rings is 2. The molecule has 4 atom stereocenters. The number of amides is 1. The fraction of sp³-hybridized carbons (Fsp3) is 0.552. The summed E-state index contributed by atoms with van der Waals surface area (Å²) in [5.74, 6) is 1.10. The Morgan fingerprint density at radius 3 is 2.51 bits per heavy atom. The van der Waals surface area contributed by atoms with Gasteiger partial charge in [-0.25, -0.2) is 5.43 Å². The van der Waals surface area contributed by atoms with Gasteiger partial charge in [-0.1, -0.05) is 30.3 Å². The van der Waals surface area contributed by atoms with E-state index in [9.17, 15) is 4.79 Å². The average molecular weight is 509 g/mol. The highest BCUT2D eigenvalue weighted by Gasteiger charge is 2.41. The van der Waals surface area contributed by atoms with Gasteiger partial charge < -0.3 is 24.4 Å². The van der Waals surface area contributed by atoms with Crippen molar-refractivity contribution >= 4 is 5.91 Å². The number of ether oxygens (including phenoxy) is 3. The van der Waals surface area contributed by atoms with Gasteiger partial charge in [0.25, 0.3) is 5.91 Å². The molecule has 1 aliphatic carbocycles. The molecule has 0 spiro atoms. The molecule has 4 unspecified atom stereocenters. The van der Waals surface area contributed by atoms with Gasteiger partial charge in [0, 0.05) is 30.6 Å². The lowest BCUT2D eigenvalue weighted by Crippen LogP contribution is -2.47. The van der Waals surface area contributed by atoms with Gasteiger partial charge in [0.05, 0.1) is 32.1 Å². The monoisotopic (exact) mass is 508 g/mol. The second-order valence-corrected chi connectivity index (χ2v) is 10.5. The lowest BCUT2D eigenvalue weighted by Gasteiger charge is -2.32. The van der Waals surface area contributed by atoms with Crippen molar-refractivity contribution in [2.24, 2.45) is 5.92 Å². The van der Waals surface area contributed by atoms with Crippen LogP contribution in [0.3, 0.4) is 0 Å². The molecule has 200 valence electrons. The summed E-state index contributed by atoms with van der Waals surface area (Å²) < 4.78 is 17.9. The SMILES string of the molecule is CN1CCC(Oc2ccc(C(=O)NC3NNC4CC(OCCOCc5ccccc5)CCC43)cc2)CC1. The van der Waals surface area contributed by atoms with E-state index in [2.05, 4.69) is 40.2 Å². The van der Waals surface area contributed by atoms with Crippen LogP contribution in [-0.4, -0.2) is 68.6 Å². The first-order valence-electron chi connectivity index (χ1n) is 13.6. The van der Waals surface area contributed by atoms with Crippen LogP contribution in [0.15, 0.2) is 54.6 Å². The van der Waals surface area contributed by atoms with Gasteiger partial charge in [-0.05, 0) is 69.0 Å². The average Bonchev–Trinajstić information content (AvgIpc) is 3.32. The van der Waals surface area contributed by atoms with Gasteiger partial charge in [0.1, 0.15) is 11.9 Å². The molecule has 2 aliphatic heterocycles. The Balaban J connectivity index is 1.01. The number of carbonyl (C=O) groups is 1. The molecule has 5 rings (SSSR count). The third-order valence-electron chi connectivity index (χ3n) is 7.77. The molecule has 3 aliphatic rings. The van der Waals surface area contributed by atoms with Gasteiger partial charge in [-0.15, -0.1) is 0 Å². The van der Waals surface area contributed by atoms with E-state index in [1.165, 1.54) is 5.56 Å². The van der Waals surface area contributed by atoms with E-state index in [0.717, 1.165) is 50.9 Å². The van der Waals surface area contributed by atoms with Crippen LogP contribution in [0.4, 0.5) is 0 Å². The van der Waals surface area contributed by atoms with Crippen LogP contribution in [0.5, 0.6) is 5.75 Å². The highest BCUT2D eigenvalue weighted by molar-refractivity contribution is 5.94. The van der Waals surface area contributed by atoms with Crippen LogP contribution in [0, 0.1) is 5.92 Å². The van der Waals surface area contributed by atoms with Crippen molar-refractivity contribution in [2.75, 3.05) is 33.4 Å². The van der Waals surface area contributed by atoms with Crippen LogP contribution in [-0.2, 0) is 16.1 Å². The molecule has 3 fully saturated rings. The number of hydrogen-bond donors (Lipinski definition) is 3. The van der Waals surface area contributed by atoms with E-state index in [0.29, 0.717) is 31.3 Å². The molecule has 3 N–H and O–H groups in total. The van der Waals surface area contributed by atoms with Crippen LogP contribution in [0.1, 0.15) is 48.0 Å². The summed E-state index contributed by atoms with van der Waals surface area (Å²) in [5.41, 5.74) is 8.49. The van der Waals surface area contributed by atoms with Crippen molar-refractivity contribution in [2.45, 2.75) is 63.1 Å². The van der Waals surface area contributed by atoms with E-state index in [1.807, 2.05) is 42.5 Å². The summed E-state index contributed by atoms with van der Waals surface area (Å²) in [4.78, 5) is 15.2. The minimum absolute atomic E-state index is 0.0697. The third-order valence-corrected chi connectivity index (χ3v) is 7.77. The molecule has 2 aromatic rings. The fourth-order valence-electron chi connectivity index (χ4n) is 5.56. The van der Waals surface area contributed by atoms with E-state index in [1.54, 1.807) is 0 Å². The molecule has 1 amide bonds. The van der Waals surface area contributed by atoms with Crippen molar-refractivity contribution < 1.29 is 19.0 Å². The maximum atomic E-state index is 12.9. The second-order valence-electron chi connectivity index (χ2n) is 10.5. The zero-order chi connectivity index (χ0) is 25.5. The molecule has 0 aromatic heterocycles.